The van der Waals surface area contributed by atoms with Gasteiger partial charge in [-0.25, -0.2) is 14.6 Å². The Morgan fingerprint density at radius 2 is 1.76 bits per heavy atom. The van der Waals surface area contributed by atoms with E-state index in [9.17, 15) is 24.9 Å². The molecule has 450 valence electrons. The number of carbonyl (C=O) groups is 4. The molecule has 8 aliphatic carbocycles. The Hall–Kier alpha value is -4.83. The SMILES string of the molecule is CCC1(C=C2OC(=O)C3=C2CCC2C4CCC5(C6=CCC(C7CCC8CC(CO)CC(CO)C#CCC7C8)C(NCC(O)C7CCCCC7Cc7cnc[nH]7)SSCNC7=CC(=CCN7)C(CN7C(=O)C=CC7=O)C4=C5C(=O)O6)C32)CCCC1. The van der Waals surface area contributed by atoms with Gasteiger partial charge in [0, 0.05) is 85.6 Å². The molecular weight excluding hydrogens is 1100 g/mol. The molecule has 9 bridgehead atoms. The Kier molecular flexibility index (Phi) is 17.1. The average Bonchev–Trinajstić information content (AvgIpc) is 1.38. The minimum atomic E-state index is -1.02. The number of aromatic amines is 1. The molecule has 15 unspecified atom stereocenters. The van der Waals surface area contributed by atoms with Crippen molar-refractivity contribution in [2.45, 2.75) is 153 Å². The summed E-state index contributed by atoms with van der Waals surface area (Å²) in [6, 6.07) is 0. The number of H-pyrrole nitrogens is 1. The summed E-state index contributed by atoms with van der Waals surface area (Å²) >= 11 is 0. The van der Waals surface area contributed by atoms with E-state index >= 15 is 9.59 Å². The number of ether oxygens (including phenoxy) is 2. The topological polar surface area (TPSA) is 215 Å². The quantitative estimate of drug-likeness (QED) is 0.0424. The van der Waals surface area contributed by atoms with Crippen molar-refractivity contribution >= 4 is 45.3 Å². The van der Waals surface area contributed by atoms with Crippen LogP contribution in [-0.2, 0) is 35.1 Å². The van der Waals surface area contributed by atoms with Crippen molar-refractivity contribution in [3.8, 4) is 11.8 Å². The van der Waals surface area contributed by atoms with Gasteiger partial charge < -0.3 is 45.7 Å². The van der Waals surface area contributed by atoms with Crippen LogP contribution in [0.2, 0.25) is 0 Å². The first kappa shape index (κ1) is 58.2. The zero-order chi connectivity index (χ0) is 57.7. The number of hydrogen-bond acceptors (Lipinski definition) is 15. The van der Waals surface area contributed by atoms with Crippen LogP contribution in [0, 0.1) is 93.7 Å². The van der Waals surface area contributed by atoms with E-state index in [1.54, 1.807) is 27.9 Å². The fraction of sp³-hybridized carbons (Fsp3) is 0.657. The van der Waals surface area contributed by atoms with Gasteiger partial charge in [0.2, 0.25) is 0 Å². The molecule has 2 amide bonds. The van der Waals surface area contributed by atoms with Crippen LogP contribution in [0.4, 0.5) is 0 Å². The minimum absolute atomic E-state index is 0.0295. The van der Waals surface area contributed by atoms with Gasteiger partial charge in [-0.1, -0.05) is 72.6 Å². The number of rotatable bonds is 13. The Morgan fingerprint density at radius 1 is 0.917 bits per heavy atom. The fourth-order valence-corrected chi connectivity index (χ4v) is 21.2. The number of aromatic nitrogens is 2. The molecular formula is C67H86N6O9S2. The monoisotopic (exact) mass is 1180 g/mol. The number of carbonyl (C=O) groups excluding carboxylic acids is 4. The Labute approximate surface area is 503 Å². The lowest BCUT2D eigenvalue weighted by Gasteiger charge is -2.57. The summed E-state index contributed by atoms with van der Waals surface area (Å²) in [6.07, 6.45) is 33.5. The first-order chi connectivity index (χ1) is 41.0. The highest BCUT2D eigenvalue weighted by atomic mass is 33.1. The third-order valence-electron chi connectivity index (χ3n) is 22.7. The Morgan fingerprint density at radius 3 is 2.56 bits per heavy atom. The van der Waals surface area contributed by atoms with Gasteiger partial charge >= 0.3 is 11.9 Å². The largest absolute Gasteiger partial charge is 0.427 e. The lowest BCUT2D eigenvalue weighted by atomic mass is 9.43. The van der Waals surface area contributed by atoms with Gasteiger partial charge in [0.1, 0.15) is 11.5 Å². The smallest absolute Gasteiger partial charge is 0.340 e. The van der Waals surface area contributed by atoms with Gasteiger partial charge in [-0.2, -0.15) is 0 Å². The summed E-state index contributed by atoms with van der Waals surface area (Å²) in [5.74, 6) is 8.24. The molecule has 1 saturated heterocycles. The summed E-state index contributed by atoms with van der Waals surface area (Å²) in [7, 11) is 3.53. The zero-order valence-electron chi connectivity index (χ0n) is 48.8. The molecule has 15 atom stereocenters. The van der Waals surface area contributed by atoms with Crippen LogP contribution in [0.1, 0.15) is 141 Å². The first-order valence-corrected chi connectivity index (χ1v) is 34.5. The van der Waals surface area contributed by atoms with E-state index in [0.29, 0.717) is 85.6 Å². The van der Waals surface area contributed by atoms with Gasteiger partial charge in [0.25, 0.3) is 11.8 Å². The van der Waals surface area contributed by atoms with Crippen molar-refractivity contribution in [3.05, 3.63) is 99.9 Å². The molecule has 0 radical (unpaired) electrons. The fourth-order valence-electron chi connectivity index (χ4n) is 18.7. The van der Waals surface area contributed by atoms with Crippen LogP contribution in [0.15, 0.2) is 94.2 Å². The lowest BCUT2D eigenvalue weighted by Crippen LogP contribution is -2.54. The van der Waals surface area contributed by atoms with E-state index in [1.807, 2.05) is 6.20 Å². The predicted molar refractivity (Wildman–Crippen MR) is 322 cm³/mol. The molecule has 17 heteroatoms. The third-order valence-corrected chi connectivity index (χ3v) is 25.2. The average molecular weight is 1180 g/mol. The van der Waals surface area contributed by atoms with Crippen LogP contribution >= 0.6 is 21.6 Å². The molecule has 13 aliphatic rings. The van der Waals surface area contributed by atoms with Crippen molar-refractivity contribution < 1.29 is 44.0 Å². The van der Waals surface area contributed by atoms with Crippen molar-refractivity contribution in [3.63, 3.8) is 0 Å². The van der Waals surface area contributed by atoms with E-state index < -0.39 is 23.4 Å². The number of aliphatic hydroxyl groups is 3. The number of nitrogens with one attached hydrogen (secondary N) is 4. The van der Waals surface area contributed by atoms with E-state index in [1.165, 1.54) is 17.1 Å². The predicted octanol–water partition coefficient (Wildman–Crippen LogP) is 9.21. The molecule has 7 N–H and O–H groups in total. The number of esters is 2. The van der Waals surface area contributed by atoms with Gasteiger partial charge in [0.15, 0.2) is 0 Å². The van der Waals surface area contributed by atoms with Crippen LogP contribution in [0.25, 0.3) is 0 Å². The number of cyclic esters (lactones) is 1. The second kappa shape index (κ2) is 24.7. The standard InChI is InChI=1S/C67H86N6O9S2/c1-2-66(22-5-6-23-66)31-54-51-15-14-49-48-20-24-67(61(49)60(51)64(79)81-54)55-17-16-50(46-13-12-39-26-41(36-75)27-40(35-74)8-7-10-42(46)28-39)63(70-33-53(76)47-11-4-3-9-43(47)29-45-32-68-37-71-45)84-83-38-72-56-30-44(21-25-69-56)52(59(48)62(67)65(80)82-55)34-73-57(77)18-19-58(73)78/h17-19,21,30-32,37,39-43,46-50,52-53,61,63,69-70,72,74-76H,2-6,9-16,20,22-29,33-36,38H2,1H3,(H,68,71). The second-order valence-corrected chi connectivity index (χ2v) is 29.5. The van der Waals surface area contributed by atoms with Crippen molar-refractivity contribution in [2.24, 2.45) is 81.8 Å². The summed E-state index contributed by atoms with van der Waals surface area (Å²) in [4.78, 5) is 67.0. The molecule has 5 fully saturated rings. The number of fused-ring (bicyclic) bond motifs is 4. The van der Waals surface area contributed by atoms with Crippen LogP contribution in [0.5, 0.6) is 0 Å². The van der Waals surface area contributed by atoms with Crippen LogP contribution in [0.3, 0.4) is 0 Å². The van der Waals surface area contributed by atoms with Crippen molar-refractivity contribution in [1.82, 2.24) is 30.8 Å². The maximum absolute atomic E-state index is 15.7. The summed E-state index contributed by atoms with van der Waals surface area (Å²) in [5.41, 5.74) is 4.18. The maximum Gasteiger partial charge on any atom is 0.340 e. The summed E-state index contributed by atoms with van der Waals surface area (Å²) in [6.45, 7) is 3.25. The van der Waals surface area contributed by atoms with E-state index in [4.69, 9.17) is 9.47 Å². The summed E-state index contributed by atoms with van der Waals surface area (Å²) < 4.78 is 13.5. The van der Waals surface area contributed by atoms with E-state index in [0.717, 1.165) is 131 Å². The highest BCUT2D eigenvalue weighted by Gasteiger charge is 2.69. The first-order valence-electron chi connectivity index (χ1n) is 32.1. The van der Waals surface area contributed by atoms with Crippen molar-refractivity contribution in [1.29, 1.82) is 0 Å². The van der Waals surface area contributed by atoms with Crippen LogP contribution in [-0.4, -0.2) is 104 Å². The molecule has 1 aromatic rings. The number of imide groups is 1. The number of dihydropyridines is 1. The normalized spacial score (nSPS) is 37.3. The van der Waals surface area contributed by atoms with Gasteiger partial charge in [0.05, 0.1) is 47.1 Å². The van der Waals surface area contributed by atoms with Gasteiger partial charge in [-0.3, -0.25) is 14.5 Å². The molecule has 4 saturated carbocycles. The number of aliphatic hydroxyl groups excluding tert-OH is 3. The van der Waals surface area contributed by atoms with E-state index in [-0.39, 0.29) is 102 Å². The van der Waals surface area contributed by atoms with Crippen molar-refractivity contribution in [2.75, 3.05) is 38.7 Å². The molecule has 0 aromatic carbocycles. The molecule has 1 aromatic heterocycles. The number of hydrogen-bond donors (Lipinski definition) is 7. The lowest BCUT2D eigenvalue weighted by molar-refractivity contribution is -0.138. The second-order valence-electron chi connectivity index (χ2n) is 27.0. The highest BCUT2D eigenvalue weighted by molar-refractivity contribution is 8.76. The van der Waals surface area contributed by atoms with E-state index in [2.05, 4.69) is 69.0 Å². The zero-order valence-corrected chi connectivity index (χ0v) is 50.4. The highest BCUT2D eigenvalue weighted by Crippen LogP contribution is 2.72. The number of allylic oxidation sites excluding steroid dienone is 5. The van der Waals surface area contributed by atoms with Gasteiger partial charge in [-0.05, 0) is 184 Å². The number of amides is 2. The molecule has 84 heavy (non-hydrogen) atoms. The molecule has 15 nitrogen and oxygen atoms in total. The minimum Gasteiger partial charge on any atom is -0.427 e. The molecule has 1 spiro atoms. The summed E-state index contributed by atoms with van der Waals surface area (Å²) in [5, 5.41) is 44.8. The molecule has 5 aliphatic heterocycles. The Balaban J connectivity index is 0.948. The Bertz CT molecular complexity index is 3000. The molecule has 6 heterocycles. The maximum atomic E-state index is 15.7. The van der Waals surface area contributed by atoms with Gasteiger partial charge in [-0.15, -0.1) is 5.92 Å². The van der Waals surface area contributed by atoms with Crippen LogP contribution < -0.4 is 16.0 Å². The number of imidazole rings is 1. The third kappa shape index (κ3) is 11.0. The molecule has 14 rings (SSSR count). The number of nitrogens with zero attached hydrogens (tertiary/aromatic N) is 2.